The third kappa shape index (κ3) is 5.43. The number of carboxylic acids is 1. The van der Waals surface area contributed by atoms with Crippen molar-refractivity contribution in [2.75, 3.05) is 0 Å². The van der Waals surface area contributed by atoms with Gasteiger partial charge in [-0.25, -0.2) is 14.2 Å². The van der Waals surface area contributed by atoms with Crippen LogP contribution in [0.1, 0.15) is 12.8 Å². The van der Waals surface area contributed by atoms with Gasteiger partial charge in [0.1, 0.15) is 24.4 Å². The summed E-state index contributed by atoms with van der Waals surface area (Å²) in [5, 5.41) is 48.1. The van der Waals surface area contributed by atoms with Gasteiger partial charge in [0.2, 0.25) is 0 Å². The van der Waals surface area contributed by atoms with Gasteiger partial charge in [-0.2, -0.15) is 0 Å². The molecule has 0 aliphatic heterocycles. The molecule has 0 saturated heterocycles. The van der Waals surface area contributed by atoms with Crippen LogP contribution in [0.4, 0.5) is 0 Å². The van der Waals surface area contributed by atoms with Crippen LogP contribution in [0.2, 0.25) is 0 Å². The van der Waals surface area contributed by atoms with Crippen molar-refractivity contribution in [2.24, 2.45) is 0 Å². The Morgan fingerprint density at radius 3 is 1.93 bits per heavy atom. The maximum absolute atomic E-state index is 12.3. The monoisotopic (exact) mass is 410 g/mol. The molecule has 0 spiro atoms. The van der Waals surface area contributed by atoms with Crippen molar-refractivity contribution >= 4 is 19.8 Å². The van der Waals surface area contributed by atoms with Crippen LogP contribution in [0.15, 0.2) is 23.3 Å². The number of aliphatic hydroxyl groups is 4. The SMILES string of the molecule is O=C(O)C1=CC(OC(=O)C2=CC(OP(=O)(O)O)C(O)C(O)C2)C(O)C(O)C1. The Hall–Kier alpha value is -1.63. The molecule has 27 heavy (non-hydrogen) atoms. The lowest BCUT2D eigenvalue weighted by molar-refractivity contribution is -0.154. The summed E-state index contributed by atoms with van der Waals surface area (Å²) in [5.41, 5.74) is -0.592. The highest BCUT2D eigenvalue weighted by atomic mass is 31.2. The molecule has 13 heteroatoms. The molecule has 6 unspecified atom stereocenters. The molecule has 0 bridgehead atoms. The lowest BCUT2D eigenvalue weighted by Crippen LogP contribution is -2.45. The third-order valence-electron chi connectivity index (χ3n) is 4.09. The Kier molecular flexibility index (Phi) is 6.55. The molecule has 0 saturated carbocycles. The Balaban J connectivity index is 2.20. The second-order valence-corrected chi connectivity index (χ2v) is 7.34. The van der Waals surface area contributed by atoms with E-state index in [9.17, 15) is 34.6 Å². The van der Waals surface area contributed by atoms with Crippen molar-refractivity contribution < 1.29 is 58.7 Å². The minimum atomic E-state index is -5.04. The zero-order valence-corrected chi connectivity index (χ0v) is 14.5. The van der Waals surface area contributed by atoms with Crippen molar-refractivity contribution in [3.05, 3.63) is 23.3 Å². The van der Waals surface area contributed by atoms with Gasteiger partial charge in [0.15, 0.2) is 0 Å². The highest BCUT2D eigenvalue weighted by molar-refractivity contribution is 7.46. The van der Waals surface area contributed by atoms with E-state index < -0.39 is 62.8 Å². The van der Waals surface area contributed by atoms with E-state index in [1.807, 2.05) is 0 Å². The van der Waals surface area contributed by atoms with Crippen LogP contribution in [0.5, 0.6) is 0 Å². The van der Waals surface area contributed by atoms with Gasteiger partial charge in [-0.15, -0.1) is 0 Å². The number of hydrogen-bond acceptors (Lipinski definition) is 9. The third-order valence-corrected chi connectivity index (χ3v) is 4.61. The van der Waals surface area contributed by atoms with Crippen LogP contribution >= 0.6 is 7.82 Å². The van der Waals surface area contributed by atoms with Gasteiger partial charge in [-0.3, -0.25) is 4.52 Å². The number of carbonyl (C=O) groups excluding carboxylic acids is 1. The van der Waals surface area contributed by atoms with Crippen molar-refractivity contribution in [1.82, 2.24) is 0 Å². The molecule has 2 rings (SSSR count). The average Bonchev–Trinajstić information content (AvgIpc) is 2.54. The van der Waals surface area contributed by atoms with Crippen molar-refractivity contribution in [1.29, 1.82) is 0 Å². The largest absolute Gasteiger partial charge is 0.478 e. The topological polar surface area (TPSA) is 211 Å². The van der Waals surface area contributed by atoms with Gasteiger partial charge >= 0.3 is 19.8 Å². The van der Waals surface area contributed by atoms with E-state index in [0.717, 1.165) is 12.2 Å². The number of carboxylic acid groups (broad SMARTS) is 1. The summed E-state index contributed by atoms with van der Waals surface area (Å²) in [5.74, 6) is -2.52. The fourth-order valence-corrected chi connectivity index (χ4v) is 3.23. The van der Waals surface area contributed by atoms with Crippen molar-refractivity contribution in [3.8, 4) is 0 Å². The molecule has 0 aromatic heterocycles. The van der Waals surface area contributed by atoms with Gasteiger partial charge < -0.3 is 40.1 Å². The molecule has 0 heterocycles. The zero-order valence-electron chi connectivity index (χ0n) is 13.7. The number of carbonyl (C=O) groups is 2. The number of hydrogen-bond donors (Lipinski definition) is 7. The van der Waals surface area contributed by atoms with Gasteiger partial charge in [-0.05, 0) is 12.2 Å². The Morgan fingerprint density at radius 2 is 1.41 bits per heavy atom. The lowest BCUT2D eigenvalue weighted by Gasteiger charge is -2.32. The number of phosphoric acid groups is 1. The fourth-order valence-electron chi connectivity index (χ4n) is 2.72. The predicted octanol–water partition coefficient (Wildman–Crippen LogP) is -2.44. The molecule has 6 atom stereocenters. The second kappa shape index (κ2) is 8.17. The first kappa shape index (κ1) is 21.7. The normalized spacial score (nSPS) is 34.4. The van der Waals surface area contributed by atoms with Gasteiger partial charge in [0, 0.05) is 24.0 Å². The van der Waals surface area contributed by atoms with Crippen LogP contribution < -0.4 is 0 Å². The Morgan fingerprint density at radius 1 is 0.926 bits per heavy atom. The number of ether oxygens (including phenoxy) is 1. The first-order valence-corrected chi connectivity index (χ1v) is 9.24. The number of phosphoric ester groups is 1. The van der Waals surface area contributed by atoms with Crippen molar-refractivity contribution in [2.45, 2.75) is 49.5 Å². The number of rotatable bonds is 5. The summed E-state index contributed by atoms with van der Waals surface area (Å²) < 4.78 is 20.2. The zero-order chi connectivity index (χ0) is 20.5. The van der Waals surface area contributed by atoms with Crippen LogP contribution in [-0.2, 0) is 23.4 Å². The fraction of sp³-hybridized carbons (Fsp3) is 0.571. The molecular formula is C14H19O12P. The Bertz CT molecular complexity index is 709. The predicted molar refractivity (Wildman–Crippen MR) is 83.9 cm³/mol. The maximum atomic E-state index is 12.3. The van der Waals surface area contributed by atoms with E-state index in [4.69, 9.17) is 19.6 Å². The molecule has 0 fully saturated rings. The summed E-state index contributed by atoms with van der Waals surface area (Å²) in [6.45, 7) is 0. The summed E-state index contributed by atoms with van der Waals surface area (Å²) in [6, 6.07) is 0. The minimum absolute atomic E-state index is 0.276. The highest BCUT2D eigenvalue weighted by Gasteiger charge is 2.39. The molecule has 2 aliphatic rings. The quantitative estimate of drug-likeness (QED) is 0.186. The van der Waals surface area contributed by atoms with E-state index in [1.54, 1.807) is 0 Å². The van der Waals surface area contributed by atoms with Gasteiger partial charge in [-0.1, -0.05) is 0 Å². The van der Waals surface area contributed by atoms with E-state index in [-0.39, 0.29) is 17.6 Å². The highest BCUT2D eigenvalue weighted by Crippen LogP contribution is 2.40. The van der Waals surface area contributed by atoms with Gasteiger partial charge in [0.05, 0.1) is 12.2 Å². The van der Waals surface area contributed by atoms with E-state index in [1.165, 1.54) is 0 Å². The molecule has 2 aliphatic carbocycles. The van der Waals surface area contributed by atoms with Crippen LogP contribution in [0.3, 0.4) is 0 Å². The molecule has 152 valence electrons. The number of aliphatic hydroxyl groups excluding tert-OH is 4. The maximum Gasteiger partial charge on any atom is 0.470 e. The van der Waals surface area contributed by atoms with E-state index >= 15 is 0 Å². The van der Waals surface area contributed by atoms with Gasteiger partial charge in [0.25, 0.3) is 0 Å². The molecule has 0 radical (unpaired) electrons. The van der Waals surface area contributed by atoms with Crippen molar-refractivity contribution in [3.63, 3.8) is 0 Å². The molecule has 12 nitrogen and oxygen atoms in total. The van der Waals surface area contributed by atoms with E-state index in [0.29, 0.717) is 0 Å². The molecule has 0 aromatic carbocycles. The average molecular weight is 410 g/mol. The molecule has 7 N–H and O–H groups in total. The van der Waals surface area contributed by atoms with Crippen LogP contribution in [-0.4, -0.2) is 83.9 Å². The summed E-state index contributed by atoms with van der Waals surface area (Å²) >= 11 is 0. The molecule has 0 amide bonds. The Labute approximate surface area is 152 Å². The van der Waals surface area contributed by atoms with Crippen LogP contribution in [0.25, 0.3) is 0 Å². The summed E-state index contributed by atoms with van der Waals surface area (Å²) in [4.78, 5) is 40.9. The number of aliphatic carboxylic acids is 1. The minimum Gasteiger partial charge on any atom is -0.478 e. The summed E-state index contributed by atoms with van der Waals surface area (Å²) in [7, 11) is -5.04. The first-order valence-electron chi connectivity index (χ1n) is 7.71. The van der Waals surface area contributed by atoms with Crippen LogP contribution in [0, 0.1) is 0 Å². The number of esters is 1. The smallest absolute Gasteiger partial charge is 0.470 e. The molecular weight excluding hydrogens is 391 g/mol. The molecule has 0 aromatic rings. The van der Waals surface area contributed by atoms with E-state index in [2.05, 4.69) is 4.52 Å². The lowest BCUT2D eigenvalue weighted by atomic mass is 9.91. The second-order valence-electron chi connectivity index (χ2n) is 6.14. The summed E-state index contributed by atoms with van der Waals surface area (Å²) in [6.07, 6.45) is -8.59. The first-order chi connectivity index (χ1) is 12.4. The standard InChI is InChI=1S/C14H19O12P/c15-7-1-5(13(19)20)3-9(11(7)17)25-14(21)6-2-8(16)12(18)10(4-6)26-27(22,23)24/h3-4,7-12,15-18H,1-2H2,(H,19,20)(H2,22,23,24).